The third kappa shape index (κ3) is 4.30. The van der Waals surface area contributed by atoms with Gasteiger partial charge in [0.15, 0.2) is 0 Å². The fourth-order valence-electron chi connectivity index (χ4n) is 2.13. The molecule has 0 spiro atoms. The van der Waals surface area contributed by atoms with Crippen LogP contribution in [-0.2, 0) is 14.3 Å². The van der Waals surface area contributed by atoms with E-state index < -0.39 is 24.3 Å². The zero-order chi connectivity index (χ0) is 14.4. The third-order valence-corrected chi connectivity index (χ3v) is 3.32. The van der Waals surface area contributed by atoms with Gasteiger partial charge in [0.2, 0.25) is 0 Å². The summed E-state index contributed by atoms with van der Waals surface area (Å²) in [4.78, 5) is 11.7. The van der Waals surface area contributed by atoms with Crippen LogP contribution in [0.1, 0.15) is 40.0 Å². The lowest BCUT2D eigenvalue weighted by Gasteiger charge is -2.32. The van der Waals surface area contributed by atoms with Crippen LogP contribution in [-0.4, -0.2) is 47.2 Å². The van der Waals surface area contributed by atoms with Crippen LogP contribution >= 0.6 is 0 Å². The third-order valence-electron chi connectivity index (χ3n) is 3.32. The van der Waals surface area contributed by atoms with E-state index in [1.165, 1.54) is 0 Å². The molecule has 19 heavy (non-hydrogen) atoms. The quantitative estimate of drug-likeness (QED) is 0.710. The maximum absolute atomic E-state index is 11.7. The minimum Gasteiger partial charge on any atom is -0.463 e. The Bertz CT molecular complexity index is 322. The van der Waals surface area contributed by atoms with Gasteiger partial charge in [-0.3, -0.25) is 0 Å². The van der Waals surface area contributed by atoms with E-state index in [0.29, 0.717) is 5.57 Å². The molecule has 0 aromatic rings. The average Bonchev–Trinajstić information content (AvgIpc) is 2.40. The molecule has 0 fully saturated rings. The molecule has 1 aliphatic carbocycles. The lowest BCUT2D eigenvalue weighted by molar-refractivity contribution is -0.141. The number of aliphatic hydroxyl groups is 2. The fraction of sp³-hybridized carbons (Fsp3) is 0.786. The number of carbonyl (C=O) groups is 1. The maximum atomic E-state index is 11.7. The van der Waals surface area contributed by atoms with Crippen molar-refractivity contribution < 1.29 is 24.5 Å². The van der Waals surface area contributed by atoms with Crippen molar-refractivity contribution in [3.63, 3.8) is 0 Å². The molecule has 1 rings (SSSR count). The molecule has 0 unspecified atom stereocenters. The van der Waals surface area contributed by atoms with Crippen molar-refractivity contribution in [3.8, 4) is 0 Å². The Morgan fingerprint density at radius 2 is 2.00 bits per heavy atom. The summed E-state index contributed by atoms with van der Waals surface area (Å²) in [5.41, 5.74) is 0.371. The Morgan fingerprint density at radius 3 is 2.53 bits per heavy atom. The van der Waals surface area contributed by atoms with E-state index in [9.17, 15) is 15.0 Å². The molecule has 0 aromatic carbocycles. The number of hydrogen-bond acceptors (Lipinski definition) is 5. The minimum absolute atomic E-state index is 0.00430. The van der Waals surface area contributed by atoms with Crippen molar-refractivity contribution in [1.82, 2.24) is 0 Å². The summed E-state index contributed by atoms with van der Waals surface area (Å²) >= 11 is 0. The number of hydrogen-bond donors (Lipinski definition) is 2. The summed E-state index contributed by atoms with van der Waals surface area (Å²) in [5.74, 6) is -0.452. The summed E-state index contributed by atoms with van der Waals surface area (Å²) in [7, 11) is 0. The van der Waals surface area contributed by atoms with E-state index in [0.717, 1.165) is 12.8 Å². The molecule has 0 saturated carbocycles. The predicted molar refractivity (Wildman–Crippen MR) is 70.6 cm³/mol. The molecule has 0 radical (unpaired) electrons. The molecule has 0 bridgehead atoms. The van der Waals surface area contributed by atoms with Gasteiger partial charge in [-0.05, 0) is 25.8 Å². The molecule has 1 aliphatic rings. The molecule has 0 saturated heterocycles. The van der Waals surface area contributed by atoms with Crippen molar-refractivity contribution in [2.45, 2.75) is 64.4 Å². The highest BCUT2D eigenvalue weighted by Crippen LogP contribution is 2.24. The van der Waals surface area contributed by atoms with E-state index in [1.54, 1.807) is 13.0 Å². The van der Waals surface area contributed by atoms with Gasteiger partial charge in [-0.25, -0.2) is 4.79 Å². The van der Waals surface area contributed by atoms with Crippen LogP contribution in [0.3, 0.4) is 0 Å². The van der Waals surface area contributed by atoms with Crippen LogP contribution < -0.4 is 0 Å². The maximum Gasteiger partial charge on any atom is 0.333 e. The highest BCUT2D eigenvalue weighted by molar-refractivity contribution is 5.88. The number of esters is 1. The van der Waals surface area contributed by atoms with Gasteiger partial charge >= 0.3 is 5.97 Å². The van der Waals surface area contributed by atoms with E-state index in [2.05, 4.69) is 0 Å². The van der Waals surface area contributed by atoms with Gasteiger partial charge in [0, 0.05) is 12.0 Å². The highest BCUT2D eigenvalue weighted by atomic mass is 16.5. The zero-order valence-corrected chi connectivity index (χ0v) is 11.8. The first kappa shape index (κ1) is 16.1. The second kappa shape index (κ2) is 7.62. The molecular weight excluding hydrogens is 248 g/mol. The van der Waals surface area contributed by atoms with Crippen LogP contribution in [0.5, 0.6) is 0 Å². The van der Waals surface area contributed by atoms with Gasteiger partial charge in [0.25, 0.3) is 0 Å². The standard InChI is InChI=1S/C14H24O5/c1-4-10(5-2)19-12-8-9(14(17)18-6-3)7-11(15)13(12)16/h8,10-13,15-16H,4-7H2,1-3H3/t11-,12+,13-/m1/s1. The van der Waals surface area contributed by atoms with Crippen molar-refractivity contribution in [1.29, 1.82) is 0 Å². The molecule has 5 heteroatoms. The Hall–Kier alpha value is -0.910. The summed E-state index contributed by atoms with van der Waals surface area (Å²) in [6, 6.07) is 0. The van der Waals surface area contributed by atoms with Gasteiger partial charge in [0.1, 0.15) is 12.2 Å². The Morgan fingerprint density at radius 1 is 1.37 bits per heavy atom. The highest BCUT2D eigenvalue weighted by Gasteiger charge is 2.34. The van der Waals surface area contributed by atoms with Crippen LogP contribution in [0.2, 0.25) is 0 Å². The molecule has 3 atom stereocenters. The second-order valence-electron chi connectivity index (χ2n) is 4.71. The van der Waals surface area contributed by atoms with Gasteiger partial charge in [-0.15, -0.1) is 0 Å². The predicted octanol–water partition coefficient (Wildman–Crippen LogP) is 1.18. The lowest BCUT2D eigenvalue weighted by atomic mass is 9.92. The van der Waals surface area contributed by atoms with Gasteiger partial charge < -0.3 is 19.7 Å². The van der Waals surface area contributed by atoms with Crippen LogP contribution in [0.15, 0.2) is 11.6 Å². The molecule has 0 aromatic heterocycles. The van der Waals surface area contributed by atoms with Crippen molar-refractivity contribution in [2.24, 2.45) is 0 Å². The van der Waals surface area contributed by atoms with E-state index in [-0.39, 0.29) is 19.1 Å². The van der Waals surface area contributed by atoms with Crippen LogP contribution in [0.4, 0.5) is 0 Å². The minimum atomic E-state index is -1.00. The first-order valence-electron chi connectivity index (χ1n) is 6.92. The number of ether oxygens (including phenoxy) is 2. The monoisotopic (exact) mass is 272 g/mol. The second-order valence-corrected chi connectivity index (χ2v) is 4.71. The molecule has 2 N–H and O–H groups in total. The van der Waals surface area contributed by atoms with E-state index >= 15 is 0 Å². The topological polar surface area (TPSA) is 76.0 Å². The summed E-state index contributed by atoms with van der Waals surface area (Å²) in [6.07, 6.45) is 0.660. The normalized spacial score (nSPS) is 27.3. The smallest absolute Gasteiger partial charge is 0.333 e. The van der Waals surface area contributed by atoms with Crippen molar-refractivity contribution in [2.75, 3.05) is 6.61 Å². The zero-order valence-electron chi connectivity index (χ0n) is 11.8. The van der Waals surface area contributed by atoms with E-state index in [1.807, 2.05) is 13.8 Å². The number of carbonyl (C=O) groups excluding carboxylic acids is 1. The van der Waals surface area contributed by atoms with Crippen molar-refractivity contribution >= 4 is 5.97 Å². The first-order chi connectivity index (χ1) is 9.03. The Balaban J connectivity index is 2.81. The Labute approximate surface area is 114 Å². The fourth-order valence-corrected chi connectivity index (χ4v) is 2.13. The van der Waals surface area contributed by atoms with Crippen LogP contribution in [0, 0.1) is 0 Å². The molecule has 0 aliphatic heterocycles. The van der Waals surface area contributed by atoms with Crippen molar-refractivity contribution in [3.05, 3.63) is 11.6 Å². The summed E-state index contributed by atoms with van der Waals surface area (Å²) in [5, 5.41) is 19.8. The van der Waals surface area contributed by atoms with Gasteiger partial charge in [-0.1, -0.05) is 13.8 Å². The molecule has 0 heterocycles. The van der Waals surface area contributed by atoms with Crippen LogP contribution in [0.25, 0.3) is 0 Å². The summed E-state index contributed by atoms with van der Waals surface area (Å²) in [6.45, 7) is 6.00. The van der Waals surface area contributed by atoms with E-state index in [4.69, 9.17) is 9.47 Å². The first-order valence-corrected chi connectivity index (χ1v) is 6.92. The SMILES string of the molecule is CCOC(=O)C1=C[C@H](OC(CC)CC)[C@H](O)[C@H](O)C1. The van der Waals surface area contributed by atoms with Gasteiger partial charge in [0.05, 0.1) is 18.8 Å². The molecule has 0 amide bonds. The average molecular weight is 272 g/mol. The van der Waals surface area contributed by atoms with Gasteiger partial charge in [-0.2, -0.15) is 0 Å². The summed E-state index contributed by atoms with van der Waals surface area (Å²) < 4.78 is 10.7. The number of rotatable bonds is 6. The molecule has 5 nitrogen and oxygen atoms in total. The Kier molecular flexibility index (Phi) is 6.48. The lowest BCUT2D eigenvalue weighted by Crippen LogP contribution is -2.44. The largest absolute Gasteiger partial charge is 0.463 e. The molecule has 110 valence electrons. The number of aliphatic hydroxyl groups excluding tert-OH is 2. The molecular formula is C14H24O5.